The molecule has 0 saturated carbocycles. The summed E-state index contributed by atoms with van der Waals surface area (Å²) in [6.07, 6.45) is 0. The van der Waals surface area contributed by atoms with Crippen molar-refractivity contribution >= 4 is 74.5 Å². The summed E-state index contributed by atoms with van der Waals surface area (Å²) in [7, 11) is 29.9. The second kappa shape index (κ2) is 9.08. The normalized spacial score (nSPS) is 24.0. The van der Waals surface area contributed by atoms with E-state index in [4.69, 9.17) is 50.8 Å². The van der Waals surface area contributed by atoms with Gasteiger partial charge in [-0.15, -0.1) is 0 Å². The molecule has 0 bridgehead atoms. The number of piperidine rings is 1. The number of alkyl halides is 2. The number of halogens is 3. The van der Waals surface area contributed by atoms with E-state index in [1.54, 1.807) is 0 Å². The number of hydrogen-bond donors (Lipinski definition) is 2. The maximum atomic E-state index is 14.7. The average Bonchev–Trinajstić information content (AvgIpc) is 3.17. The number of carbonyl (C=O) groups is 4. The van der Waals surface area contributed by atoms with Gasteiger partial charge >= 0.3 is 5.92 Å². The molecule has 1 fully saturated rings. The molecule has 4 amide bonds. The molecule has 10 radical (unpaired) electrons. The number of hydrogen-bond acceptors (Lipinski definition) is 4. The van der Waals surface area contributed by atoms with Gasteiger partial charge in [0, 0.05) is 22.7 Å². The van der Waals surface area contributed by atoms with Crippen LogP contribution in [0.15, 0.2) is 42.5 Å². The Hall–Kier alpha value is -3.01. The smallest absolute Gasteiger partial charge is 0.349 e. The zero-order chi connectivity index (χ0) is 27.5. The van der Waals surface area contributed by atoms with Gasteiger partial charge in [-0.3, -0.25) is 24.5 Å². The van der Waals surface area contributed by atoms with Crippen molar-refractivity contribution in [2.45, 2.75) is 34.9 Å². The van der Waals surface area contributed by atoms with Crippen LogP contribution in [0.3, 0.4) is 0 Å². The summed E-state index contributed by atoms with van der Waals surface area (Å²) >= 11 is 5.71. The Morgan fingerprint density at radius 3 is 2.30 bits per heavy atom. The molecule has 0 spiro atoms. The number of carbonyl (C=O) groups excluding carboxylic acids is 4. The van der Waals surface area contributed by atoms with Crippen LogP contribution >= 0.6 is 11.6 Å². The third-order valence-electron chi connectivity index (χ3n) is 6.44. The molecule has 2 N–H and O–H groups in total. The van der Waals surface area contributed by atoms with Crippen LogP contribution in [0.25, 0.3) is 0 Å². The van der Waals surface area contributed by atoms with E-state index in [2.05, 4.69) is 0 Å². The molecule has 2 aliphatic heterocycles. The van der Waals surface area contributed by atoms with E-state index in [0.717, 1.165) is 17.0 Å². The summed E-state index contributed by atoms with van der Waals surface area (Å²) in [4.78, 5) is 50.8. The van der Waals surface area contributed by atoms with E-state index in [0.29, 0.717) is 0 Å². The Balaban J connectivity index is 1.59. The summed E-state index contributed by atoms with van der Waals surface area (Å²) in [5.74, 6) is -11.1. The van der Waals surface area contributed by atoms with Gasteiger partial charge in [-0.05, 0) is 40.5 Å². The lowest BCUT2D eigenvalue weighted by atomic mass is 9.48. The van der Waals surface area contributed by atoms with Crippen LogP contribution in [0.2, 0.25) is 16.7 Å². The van der Waals surface area contributed by atoms with E-state index in [1.165, 1.54) is 30.3 Å². The Morgan fingerprint density at radius 2 is 1.68 bits per heavy atom. The van der Waals surface area contributed by atoms with E-state index in [9.17, 15) is 28.0 Å². The van der Waals surface area contributed by atoms with Crippen molar-refractivity contribution in [1.82, 2.24) is 15.5 Å². The highest BCUT2D eigenvalue weighted by atomic mass is 35.5. The molecule has 15 heteroatoms. The standard InChI is InChI=1S/C22H13B5ClF2N3O4/c23-14-15(24)20(25,18(36)31-16(14)34)33-8-9-7-11(3-6-13(9)17(33)35)22(26,27)32-19(37)21(29,30)10-1-4-12(28)5-2-10/h1-7,14-15H,8H2,(H,32,37)(H,31,34,36). The molecule has 2 aromatic rings. The van der Waals surface area contributed by atoms with Gasteiger partial charge in [0.15, 0.2) is 0 Å². The fraction of sp³-hybridized carbons (Fsp3) is 0.273. The molecule has 37 heavy (non-hydrogen) atoms. The molecule has 176 valence electrons. The van der Waals surface area contributed by atoms with E-state index in [-0.39, 0.29) is 28.3 Å². The van der Waals surface area contributed by atoms with Crippen molar-refractivity contribution < 1.29 is 28.0 Å². The van der Waals surface area contributed by atoms with Gasteiger partial charge in [0.05, 0.1) is 36.8 Å². The number of imide groups is 1. The summed E-state index contributed by atoms with van der Waals surface area (Å²) in [6, 6.07) is 8.21. The zero-order valence-electron chi connectivity index (χ0n) is 19.0. The summed E-state index contributed by atoms with van der Waals surface area (Å²) in [6.45, 7) is -0.272. The molecule has 7 nitrogen and oxygen atoms in total. The highest BCUT2D eigenvalue weighted by Gasteiger charge is 2.53. The minimum atomic E-state index is -4.00. The van der Waals surface area contributed by atoms with E-state index >= 15 is 0 Å². The number of nitrogens with zero attached hydrogens (tertiary/aromatic N) is 1. The van der Waals surface area contributed by atoms with Gasteiger partial charge in [0.2, 0.25) is 11.8 Å². The van der Waals surface area contributed by atoms with Crippen LogP contribution in [0, 0.1) is 0 Å². The van der Waals surface area contributed by atoms with E-state index < -0.39 is 57.5 Å². The predicted molar refractivity (Wildman–Crippen MR) is 134 cm³/mol. The predicted octanol–water partition coefficient (Wildman–Crippen LogP) is 0.0865. The topological polar surface area (TPSA) is 95.6 Å². The van der Waals surface area contributed by atoms with Crippen LogP contribution in [0.5, 0.6) is 0 Å². The molecule has 0 aliphatic carbocycles. The molecule has 4 rings (SSSR count). The summed E-state index contributed by atoms with van der Waals surface area (Å²) in [5, 5.41) is 1.82. The highest BCUT2D eigenvalue weighted by molar-refractivity contribution is 6.44. The SMILES string of the molecule is [B]C1C(=O)NC(=O)C([B])(N2Cc3cc(C([B])([B])NC(=O)C(F)(F)c4ccc(Cl)cc4)ccc3C2=O)C1[B]. The molecule has 1 saturated heterocycles. The van der Waals surface area contributed by atoms with Crippen molar-refractivity contribution in [3.63, 3.8) is 0 Å². The van der Waals surface area contributed by atoms with Crippen LogP contribution in [-0.4, -0.2) is 73.2 Å². The highest BCUT2D eigenvalue weighted by Crippen LogP contribution is 2.41. The molecular formula is C22H13B5ClF2N3O4. The number of amides is 4. The van der Waals surface area contributed by atoms with Crippen molar-refractivity contribution in [2.24, 2.45) is 0 Å². The molecule has 2 heterocycles. The maximum absolute atomic E-state index is 14.7. The summed E-state index contributed by atoms with van der Waals surface area (Å²) < 4.78 is 29.4. The quantitative estimate of drug-likeness (QED) is 0.440. The number of nitrogens with one attached hydrogen (secondary N) is 2. The minimum absolute atomic E-state index is 0.0310. The van der Waals surface area contributed by atoms with Crippen molar-refractivity contribution in [3.8, 4) is 0 Å². The zero-order valence-corrected chi connectivity index (χ0v) is 19.8. The second-order valence-electron chi connectivity index (χ2n) is 8.86. The number of fused-ring (bicyclic) bond motifs is 1. The first kappa shape index (κ1) is 27.0. The van der Waals surface area contributed by atoms with Gasteiger partial charge in [0.1, 0.15) is 7.85 Å². The lowest BCUT2D eigenvalue weighted by Gasteiger charge is -2.48. The minimum Gasteiger partial charge on any atom is -0.358 e. The monoisotopic (exact) mass is 511 g/mol. The third-order valence-corrected chi connectivity index (χ3v) is 6.70. The third kappa shape index (κ3) is 4.39. The summed E-state index contributed by atoms with van der Waals surface area (Å²) in [5.41, 5.74) is -2.48. The first-order chi connectivity index (χ1) is 17.1. The van der Waals surface area contributed by atoms with Crippen LogP contribution in [-0.2, 0) is 32.2 Å². The lowest BCUT2D eigenvalue weighted by Crippen LogP contribution is -2.67. The van der Waals surface area contributed by atoms with Gasteiger partial charge in [0.25, 0.3) is 11.8 Å². The molecule has 0 aromatic heterocycles. The Bertz CT molecular complexity index is 1330. The number of benzene rings is 2. The first-order valence-corrected chi connectivity index (χ1v) is 11.1. The van der Waals surface area contributed by atoms with Gasteiger partial charge in [-0.25, -0.2) is 0 Å². The Labute approximate surface area is 222 Å². The molecular weight excluding hydrogens is 498 g/mol. The van der Waals surface area contributed by atoms with Gasteiger partial charge < -0.3 is 10.2 Å². The molecule has 2 aliphatic rings. The lowest BCUT2D eigenvalue weighted by molar-refractivity contribution is -0.147. The Kier molecular flexibility index (Phi) is 6.63. The van der Waals surface area contributed by atoms with Crippen LogP contribution in [0.1, 0.15) is 27.0 Å². The molecule has 2 aromatic carbocycles. The average molecular weight is 511 g/mol. The van der Waals surface area contributed by atoms with E-state index in [1.807, 2.05) is 10.6 Å². The largest absolute Gasteiger partial charge is 0.358 e. The van der Waals surface area contributed by atoms with Crippen LogP contribution < -0.4 is 10.6 Å². The fourth-order valence-electron chi connectivity index (χ4n) is 4.19. The first-order valence-electron chi connectivity index (χ1n) is 10.8. The van der Waals surface area contributed by atoms with Crippen molar-refractivity contribution in [2.75, 3.05) is 0 Å². The second-order valence-corrected chi connectivity index (χ2v) is 9.30. The molecule has 3 unspecified atom stereocenters. The fourth-order valence-corrected chi connectivity index (χ4v) is 4.32. The number of rotatable bonds is 5. The van der Waals surface area contributed by atoms with Crippen LogP contribution in [0.4, 0.5) is 8.78 Å². The van der Waals surface area contributed by atoms with Gasteiger partial charge in [-0.2, -0.15) is 8.78 Å². The maximum Gasteiger partial charge on any atom is 0.349 e. The van der Waals surface area contributed by atoms with Gasteiger partial charge in [-0.1, -0.05) is 41.7 Å². The van der Waals surface area contributed by atoms with Crippen molar-refractivity contribution in [1.29, 1.82) is 0 Å². The van der Waals surface area contributed by atoms with Crippen molar-refractivity contribution in [3.05, 3.63) is 69.7 Å². The Morgan fingerprint density at radius 1 is 1.08 bits per heavy atom. The molecule has 3 atom stereocenters.